The number of nitrogens with zero attached hydrogens (tertiary/aromatic N) is 2. The van der Waals surface area contributed by atoms with Crippen molar-refractivity contribution in [3.05, 3.63) is 52.8 Å². The van der Waals surface area contributed by atoms with Gasteiger partial charge in [-0.3, -0.25) is 4.68 Å². The molecule has 0 radical (unpaired) electrons. The quantitative estimate of drug-likeness (QED) is 0.879. The van der Waals surface area contributed by atoms with Crippen molar-refractivity contribution in [3.8, 4) is 0 Å². The third-order valence-corrected chi connectivity index (χ3v) is 2.84. The van der Waals surface area contributed by atoms with Crippen LogP contribution < -0.4 is 0 Å². The molecule has 0 saturated heterocycles. The topological polar surface area (TPSA) is 55.1 Å². The number of aryl methyl sites for hydroxylation is 2. The minimum Gasteiger partial charge on any atom is -0.478 e. The number of benzene rings is 1. The van der Waals surface area contributed by atoms with Gasteiger partial charge >= 0.3 is 5.97 Å². The highest BCUT2D eigenvalue weighted by Gasteiger charge is 2.08. The number of aromatic nitrogens is 2. The molecule has 0 saturated carbocycles. The van der Waals surface area contributed by atoms with Crippen LogP contribution in [0.4, 0.5) is 0 Å². The zero-order valence-electron chi connectivity index (χ0n) is 9.84. The summed E-state index contributed by atoms with van der Waals surface area (Å²) in [6.45, 7) is 4.69. The van der Waals surface area contributed by atoms with Gasteiger partial charge in [-0.25, -0.2) is 4.79 Å². The summed E-state index contributed by atoms with van der Waals surface area (Å²) in [6, 6.07) is 6.10. The summed E-state index contributed by atoms with van der Waals surface area (Å²) in [5.41, 5.74) is 3.79. The number of rotatable bonds is 3. The van der Waals surface area contributed by atoms with Gasteiger partial charge in [-0.05, 0) is 30.5 Å². The lowest BCUT2D eigenvalue weighted by atomic mass is 10.0. The van der Waals surface area contributed by atoms with Gasteiger partial charge < -0.3 is 5.11 Å². The standard InChI is InChI=1S/C13H14N2O2/c1-9-4-3-5-10(2)12(9)8-15-7-11(6-14-15)13(16)17/h3-7H,8H2,1-2H3,(H,16,17). The van der Waals surface area contributed by atoms with Crippen LogP contribution in [0.25, 0.3) is 0 Å². The molecule has 4 heteroatoms. The monoisotopic (exact) mass is 230 g/mol. The predicted octanol–water partition coefficient (Wildman–Crippen LogP) is 2.25. The van der Waals surface area contributed by atoms with Crippen LogP contribution in [0, 0.1) is 13.8 Å². The van der Waals surface area contributed by atoms with E-state index in [1.807, 2.05) is 32.0 Å². The van der Waals surface area contributed by atoms with Gasteiger partial charge in [0, 0.05) is 6.20 Å². The van der Waals surface area contributed by atoms with E-state index in [9.17, 15) is 4.79 Å². The second-order valence-electron chi connectivity index (χ2n) is 4.10. The normalized spacial score (nSPS) is 10.5. The SMILES string of the molecule is Cc1cccc(C)c1Cn1cc(C(=O)O)cn1. The van der Waals surface area contributed by atoms with E-state index in [0.29, 0.717) is 6.54 Å². The Bertz CT molecular complexity index is 538. The molecule has 2 rings (SSSR count). The van der Waals surface area contributed by atoms with E-state index < -0.39 is 5.97 Å². The van der Waals surface area contributed by atoms with Crippen molar-refractivity contribution in [3.63, 3.8) is 0 Å². The minimum atomic E-state index is -0.947. The van der Waals surface area contributed by atoms with Gasteiger partial charge in [-0.15, -0.1) is 0 Å². The van der Waals surface area contributed by atoms with Crippen molar-refractivity contribution in [1.29, 1.82) is 0 Å². The molecule has 0 fully saturated rings. The molecule has 0 unspecified atom stereocenters. The minimum absolute atomic E-state index is 0.219. The molecule has 1 heterocycles. The summed E-state index contributed by atoms with van der Waals surface area (Å²) in [4.78, 5) is 10.7. The van der Waals surface area contributed by atoms with Crippen LogP contribution in [-0.2, 0) is 6.54 Å². The fraction of sp³-hybridized carbons (Fsp3) is 0.231. The Kier molecular flexibility index (Phi) is 2.95. The van der Waals surface area contributed by atoms with E-state index in [1.54, 1.807) is 10.9 Å². The first-order valence-electron chi connectivity index (χ1n) is 5.39. The molecule has 0 spiro atoms. The number of carboxylic acids is 1. The second-order valence-corrected chi connectivity index (χ2v) is 4.10. The van der Waals surface area contributed by atoms with Gasteiger partial charge in [0.25, 0.3) is 0 Å². The molecular formula is C13H14N2O2. The number of hydrogen-bond donors (Lipinski definition) is 1. The van der Waals surface area contributed by atoms with Crippen molar-refractivity contribution in [2.45, 2.75) is 20.4 Å². The van der Waals surface area contributed by atoms with Crippen LogP contribution in [0.5, 0.6) is 0 Å². The molecule has 0 atom stereocenters. The maximum Gasteiger partial charge on any atom is 0.338 e. The summed E-state index contributed by atoms with van der Waals surface area (Å²) in [5, 5.41) is 12.9. The highest BCUT2D eigenvalue weighted by atomic mass is 16.4. The Morgan fingerprint density at radius 2 is 2.00 bits per heavy atom. The summed E-state index contributed by atoms with van der Waals surface area (Å²) in [7, 11) is 0. The molecule has 1 N–H and O–H groups in total. The zero-order chi connectivity index (χ0) is 12.4. The first kappa shape index (κ1) is 11.4. The summed E-state index contributed by atoms with van der Waals surface area (Å²) < 4.78 is 1.65. The van der Waals surface area contributed by atoms with Crippen molar-refractivity contribution < 1.29 is 9.90 Å². The highest BCUT2D eigenvalue weighted by molar-refractivity contribution is 5.86. The Morgan fingerprint density at radius 1 is 1.35 bits per heavy atom. The molecule has 0 amide bonds. The summed E-state index contributed by atoms with van der Waals surface area (Å²) in [6.07, 6.45) is 2.92. The van der Waals surface area contributed by atoms with Crippen LogP contribution in [0.3, 0.4) is 0 Å². The molecule has 2 aromatic rings. The van der Waals surface area contributed by atoms with Gasteiger partial charge in [0.15, 0.2) is 0 Å². The van der Waals surface area contributed by atoms with Crippen molar-refractivity contribution in [2.75, 3.05) is 0 Å². The Labute approximate surface area is 99.5 Å². The predicted molar refractivity (Wildman–Crippen MR) is 64.2 cm³/mol. The molecule has 1 aromatic heterocycles. The van der Waals surface area contributed by atoms with Crippen LogP contribution >= 0.6 is 0 Å². The Balaban J connectivity index is 2.28. The number of hydrogen-bond acceptors (Lipinski definition) is 2. The maximum atomic E-state index is 10.7. The number of carbonyl (C=O) groups is 1. The second kappa shape index (κ2) is 4.41. The van der Waals surface area contributed by atoms with Gasteiger partial charge in [-0.2, -0.15) is 5.10 Å². The van der Waals surface area contributed by atoms with Crippen molar-refractivity contribution >= 4 is 5.97 Å². The first-order valence-corrected chi connectivity index (χ1v) is 5.39. The molecule has 0 aliphatic heterocycles. The lowest BCUT2D eigenvalue weighted by Gasteiger charge is -2.09. The maximum absolute atomic E-state index is 10.7. The van der Waals surface area contributed by atoms with E-state index in [1.165, 1.54) is 22.9 Å². The average molecular weight is 230 g/mol. The highest BCUT2D eigenvalue weighted by Crippen LogP contribution is 2.14. The first-order chi connectivity index (χ1) is 8.08. The molecule has 0 aliphatic carbocycles. The van der Waals surface area contributed by atoms with Crippen molar-refractivity contribution in [1.82, 2.24) is 9.78 Å². The van der Waals surface area contributed by atoms with Gasteiger partial charge in [0.05, 0.1) is 18.3 Å². The van der Waals surface area contributed by atoms with E-state index in [-0.39, 0.29) is 5.56 Å². The van der Waals surface area contributed by atoms with Gasteiger partial charge in [-0.1, -0.05) is 18.2 Å². The van der Waals surface area contributed by atoms with Crippen LogP contribution in [0.15, 0.2) is 30.6 Å². The fourth-order valence-electron chi connectivity index (χ4n) is 1.82. The van der Waals surface area contributed by atoms with E-state index in [0.717, 1.165) is 0 Å². The zero-order valence-corrected chi connectivity index (χ0v) is 9.84. The van der Waals surface area contributed by atoms with Crippen molar-refractivity contribution in [2.24, 2.45) is 0 Å². The molecule has 88 valence electrons. The molecule has 17 heavy (non-hydrogen) atoms. The van der Waals surface area contributed by atoms with Crippen LogP contribution in [-0.4, -0.2) is 20.9 Å². The van der Waals surface area contributed by atoms with E-state index in [4.69, 9.17) is 5.11 Å². The lowest BCUT2D eigenvalue weighted by Crippen LogP contribution is -2.04. The molecule has 0 aliphatic rings. The van der Waals surface area contributed by atoms with Gasteiger partial charge in [0.2, 0.25) is 0 Å². The Morgan fingerprint density at radius 3 is 2.53 bits per heavy atom. The smallest absolute Gasteiger partial charge is 0.338 e. The lowest BCUT2D eigenvalue weighted by molar-refractivity contribution is 0.0697. The number of aromatic carboxylic acids is 1. The Hall–Kier alpha value is -2.10. The third-order valence-electron chi connectivity index (χ3n) is 2.84. The summed E-state index contributed by atoms with van der Waals surface area (Å²) >= 11 is 0. The molecule has 1 aromatic carbocycles. The summed E-state index contributed by atoms with van der Waals surface area (Å²) in [5.74, 6) is -0.947. The number of carboxylic acid groups (broad SMARTS) is 1. The van der Waals surface area contributed by atoms with Crippen LogP contribution in [0.2, 0.25) is 0 Å². The average Bonchev–Trinajstić information content (AvgIpc) is 2.72. The van der Waals surface area contributed by atoms with Crippen LogP contribution in [0.1, 0.15) is 27.0 Å². The molecular weight excluding hydrogens is 216 g/mol. The third kappa shape index (κ3) is 2.36. The molecule has 0 bridgehead atoms. The molecule has 4 nitrogen and oxygen atoms in total. The fourth-order valence-corrected chi connectivity index (χ4v) is 1.82. The van der Waals surface area contributed by atoms with E-state index >= 15 is 0 Å². The van der Waals surface area contributed by atoms with Gasteiger partial charge in [0.1, 0.15) is 0 Å². The largest absolute Gasteiger partial charge is 0.478 e. The van der Waals surface area contributed by atoms with E-state index in [2.05, 4.69) is 5.10 Å².